The van der Waals surface area contributed by atoms with Crippen molar-refractivity contribution in [2.24, 2.45) is 0 Å². The zero-order chi connectivity index (χ0) is 9.84. The number of carbonyl (C=O) groups excluding carboxylic acids is 1. The van der Waals surface area contributed by atoms with Gasteiger partial charge >= 0.3 is 0 Å². The van der Waals surface area contributed by atoms with Crippen LogP contribution in [0.3, 0.4) is 0 Å². The van der Waals surface area contributed by atoms with Gasteiger partial charge < -0.3 is 5.32 Å². The van der Waals surface area contributed by atoms with Crippen LogP contribution >= 0.6 is 46.1 Å². The quantitative estimate of drug-likeness (QED) is 0.830. The molecule has 1 heterocycles. The summed E-state index contributed by atoms with van der Waals surface area (Å²) in [5, 5.41) is 2.60. The second-order valence-corrected chi connectivity index (χ2v) is 4.81. The van der Waals surface area contributed by atoms with Crippen molar-refractivity contribution < 1.29 is 4.79 Å². The monoisotopic (exact) mass is 257 g/mol. The Labute approximate surface area is 94.8 Å². The molecule has 0 radical (unpaired) electrons. The third kappa shape index (κ3) is 3.35. The average molecular weight is 259 g/mol. The van der Waals surface area contributed by atoms with Gasteiger partial charge in [0, 0.05) is 12.1 Å². The van der Waals surface area contributed by atoms with Crippen molar-refractivity contribution in [2.75, 3.05) is 5.88 Å². The molecule has 72 valence electrons. The van der Waals surface area contributed by atoms with E-state index in [1.165, 1.54) is 11.3 Å². The number of hydrogen-bond donors (Lipinski definition) is 1. The molecule has 6 heteroatoms. The van der Waals surface area contributed by atoms with Crippen LogP contribution in [0.1, 0.15) is 5.56 Å². The number of nitrogens with one attached hydrogen (secondary N) is 1. The standard InChI is InChI=1S/C7H6Cl3NOS/c8-2-6(12)11-3-4-1-5(9)13-7(4)10/h1H,2-3H2,(H,11,12). The van der Waals surface area contributed by atoms with Crippen LogP contribution in [-0.4, -0.2) is 11.8 Å². The van der Waals surface area contributed by atoms with Gasteiger partial charge in [-0.3, -0.25) is 4.79 Å². The molecule has 0 spiro atoms. The van der Waals surface area contributed by atoms with Crippen LogP contribution in [0.4, 0.5) is 0 Å². The summed E-state index contributed by atoms with van der Waals surface area (Å²) in [6.07, 6.45) is 0. The minimum absolute atomic E-state index is 0.0461. The molecular weight excluding hydrogens is 253 g/mol. The van der Waals surface area contributed by atoms with Gasteiger partial charge in [-0.15, -0.1) is 22.9 Å². The lowest BCUT2D eigenvalue weighted by Crippen LogP contribution is -2.23. The molecule has 0 saturated heterocycles. The molecule has 0 aliphatic rings. The Bertz CT molecular complexity index is 313. The van der Waals surface area contributed by atoms with Gasteiger partial charge in [-0.2, -0.15) is 0 Å². The number of carbonyl (C=O) groups is 1. The maximum atomic E-state index is 10.8. The summed E-state index contributed by atoms with van der Waals surface area (Å²) in [4.78, 5) is 10.8. The lowest BCUT2D eigenvalue weighted by molar-refractivity contribution is -0.118. The molecule has 1 N–H and O–H groups in total. The number of hydrogen-bond acceptors (Lipinski definition) is 2. The lowest BCUT2D eigenvalue weighted by atomic mass is 10.3. The number of amides is 1. The second-order valence-electron chi connectivity index (χ2n) is 2.26. The Morgan fingerprint density at radius 2 is 2.23 bits per heavy atom. The molecule has 1 aromatic rings. The van der Waals surface area contributed by atoms with E-state index in [9.17, 15) is 4.79 Å². The summed E-state index contributed by atoms with van der Waals surface area (Å²) < 4.78 is 1.21. The van der Waals surface area contributed by atoms with Crippen molar-refractivity contribution in [1.82, 2.24) is 5.32 Å². The number of thiophene rings is 1. The molecule has 1 aromatic heterocycles. The predicted molar refractivity (Wildman–Crippen MR) is 56.9 cm³/mol. The minimum Gasteiger partial charge on any atom is -0.351 e. The molecule has 0 aliphatic heterocycles. The smallest absolute Gasteiger partial charge is 0.235 e. The van der Waals surface area contributed by atoms with Gasteiger partial charge in [-0.1, -0.05) is 23.2 Å². The van der Waals surface area contributed by atoms with Gasteiger partial charge in [-0.25, -0.2) is 0 Å². The van der Waals surface area contributed by atoms with Gasteiger partial charge in [0.05, 0.1) is 8.67 Å². The average Bonchev–Trinajstić information content (AvgIpc) is 2.41. The van der Waals surface area contributed by atoms with E-state index in [0.717, 1.165) is 5.56 Å². The maximum absolute atomic E-state index is 10.8. The van der Waals surface area contributed by atoms with Gasteiger partial charge in [0.25, 0.3) is 0 Å². The van der Waals surface area contributed by atoms with Crippen LogP contribution in [0.2, 0.25) is 8.67 Å². The summed E-state index contributed by atoms with van der Waals surface area (Å²) in [6.45, 7) is 0.369. The fraction of sp³-hybridized carbons (Fsp3) is 0.286. The zero-order valence-corrected chi connectivity index (χ0v) is 9.53. The molecule has 0 atom stereocenters. The molecule has 0 fully saturated rings. The fourth-order valence-corrected chi connectivity index (χ4v) is 2.32. The highest BCUT2D eigenvalue weighted by Crippen LogP contribution is 2.30. The molecule has 0 aromatic carbocycles. The minimum atomic E-state index is -0.222. The van der Waals surface area contributed by atoms with E-state index in [0.29, 0.717) is 15.2 Å². The molecular formula is C7H6Cl3NOS. The zero-order valence-electron chi connectivity index (χ0n) is 6.44. The van der Waals surface area contributed by atoms with Gasteiger partial charge in [0.2, 0.25) is 5.91 Å². The van der Waals surface area contributed by atoms with Crippen molar-refractivity contribution in [3.05, 3.63) is 20.3 Å². The number of rotatable bonds is 3. The van der Waals surface area contributed by atoms with Crippen LogP contribution in [0, 0.1) is 0 Å². The Morgan fingerprint density at radius 3 is 2.69 bits per heavy atom. The van der Waals surface area contributed by atoms with Crippen LogP contribution < -0.4 is 5.32 Å². The highest BCUT2D eigenvalue weighted by molar-refractivity contribution is 7.20. The predicted octanol–water partition coefficient (Wildman–Crippen LogP) is 2.91. The maximum Gasteiger partial charge on any atom is 0.235 e. The topological polar surface area (TPSA) is 29.1 Å². The van der Waals surface area contributed by atoms with E-state index in [2.05, 4.69) is 5.32 Å². The molecule has 1 rings (SSSR count). The van der Waals surface area contributed by atoms with Gasteiger partial charge in [-0.05, 0) is 6.07 Å². The molecule has 0 bridgehead atoms. The van der Waals surface area contributed by atoms with Gasteiger partial charge in [0.15, 0.2) is 0 Å². The van der Waals surface area contributed by atoms with Crippen LogP contribution in [-0.2, 0) is 11.3 Å². The van der Waals surface area contributed by atoms with Crippen LogP contribution in [0.5, 0.6) is 0 Å². The third-order valence-corrected chi connectivity index (χ3v) is 3.14. The van der Waals surface area contributed by atoms with Crippen LogP contribution in [0.25, 0.3) is 0 Å². The Kier molecular flexibility index (Phi) is 4.32. The summed E-state index contributed by atoms with van der Waals surface area (Å²) in [7, 11) is 0. The van der Waals surface area contributed by atoms with E-state index in [1.54, 1.807) is 6.07 Å². The Hall–Kier alpha value is 0.0400. The molecule has 0 unspecified atom stereocenters. The SMILES string of the molecule is O=C(CCl)NCc1cc(Cl)sc1Cl. The molecule has 0 saturated carbocycles. The third-order valence-electron chi connectivity index (χ3n) is 1.32. The normalized spacial score (nSPS) is 10.1. The van der Waals surface area contributed by atoms with Crippen molar-refractivity contribution >= 4 is 52.0 Å². The van der Waals surface area contributed by atoms with Crippen molar-refractivity contribution in [3.8, 4) is 0 Å². The molecule has 2 nitrogen and oxygen atoms in total. The highest BCUT2D eigenvalue weighted by Gasteiger charge is 2.06. The van der Waals surface area contributed by atoms with E-state index in [-0.39, 0.29) is 11.8 Å². The van der Waals surface area contributed by atoms with Crippen molar-refractivity contribution in [1.29, 1.82) is 0 Å². The molecule has 0 aliphatic carbocycles. The molecule has 1 amide bonds. The summed E-state index contributed by atoms with van der Waals surface area (Å²) in [6, 6.07) is 1.73. The summed E-state index contributed by atoms with van der Waals surface area (Å²) in [5.41, 5.74) is 0.815. The van der Waals surface area contributed by atoms with Crippen molar-refractivity contribution in [2.45, 2.75) is 6.54 Å². The van der Waals surface area contributed by atoms with E-state index in [4.69, 9.17) is 34.8 Å². The molecule has 13 heavy (non-hydrogen) atoms. The van der Waals surface area contributed by atoms with Gasteiger partial charge in [0.1, 0.15) is 5.88 Å². The van der Waals surface area contributed by atoms with E-state index in [1.807, 2.05) is 0 Å². The van der Waals surface area contributed by atoms with E-state index >= 15 is 0 Å². The van der Waals surface area contributed by atoms with E-state index < -0.39 is 0 Å². The highest BCUT2D eigenvalue weighted by atomic mass is 35.5. The van der Waals surface area contributed by atoms with Crippen molar-refractivity contribution in [3.63, 3.8) is 0 Å². The largest absolute Gasteiger partial charge is 0.351 e. The fourth-order valence-electron chi connectivity index (χ4n) is 0.736. The first-order valence-electron chi connectivity index (χ1n) is 3.40. The number of alkyl halides is 1. The van der Waals surface area contributed by atoms with Crippen LogP contribution in [0.15, 0.2) is 6.07 Å². The lowest BCUT2D eigenvalue weighted by Gasteiger charge is -2.00. The first-order valence-corrected chi connectivity index (χ1v) is 5.50. The summed E-state index contributed by atoms with van der Waals surface area (Å²) in [5.74, 6) is -0.268. The first-order chi connectivity index (χ1) is 6.13. The number of halogens is 3. The summed E-state index contributed by atoms with van der Waals surface area (Å²) >= 11 is 18.1. The first kappa shape index (κ1) is 11.1. The Balaban J connectivity index is 2.54. The second kappa shape index (κ2) is 5.05. The Morgan fingerprint density at radius 1 is 1.54 bits per heavy atom.